The number of hydrogen-bond donors (Lipinski definition) is 0. The van der Waals surface area contributed by atoms with Crippen LogP contribution in [0.4, 0.5) is 8.63 Å². The van der Waals surface area contributed by atoms with E-state index in [0.717, 1.165) is 11.1 Å². The van der Waals surface area contributed by atoms with Gasteiger partial charge < -0.3 is 0 Å². The fraction of sp³-hybridized carbons (Fsp3) is 0. The molecule has 2 heterocycles. The summed E-state index contributed by atoms with van der Waals surface area (Å²) in [5, 5.41) is 0. The fourth-order valence-corrected chi connectivity index (χ4v) is 3.20. The standard InChI is InChI=1S/C22H15BF2N2/c24-23(25)21-20(17-11-5-2-6-12-17)18(16-9-3-1-4-10-16)15-27-22(21)19-13-7-8-14-26-19/h1-15H. The minimum absolute atomic E-state index is 0.0961. The van der Waals surface area contributed by atoms with Crippen molar-refractivity contribution in [1.82, 2.24) is 9.97 Å². The molecular weight excluding hydrogens is 341 g/mol. The van der Waals surface area contributed by atoms with E-state index in [-0.39, 0.29) is 11.2 Å². The molecule has 27 heavy (non-hydrogen) atoms. The Morgan fingerprint density at radius 2 is 1.30 bits per heavy atom. The minimum atomic E-state index is -2.69. The van der Waals surface area contributed by atoms with Gasteiger partial charge in [0.2, 0.25) is 0 Å². The Hall–Kier alpha value is -3.34. The maximum absolute atomic E-state index is 14.3. The minimum Gasteiger partial charge on any atom is -0.281 e. The summed E-state index contributed by atoms with van der Waals surface area (Å²) in [6.45, 7) is 0. The highest BCUT2D eigenvalue weighted by Gasteiger charge is 2.29. The average molecular weight is 356 g/mol. The van der Waals surface area contributed by atoms with Crippen LogP contribution in [0.15, 0.2) is 91.3 Å². The Kier molecular flexibility index (Phi) is 4.75. The van der Waals surface area contributed by atoms with E-state index < -0.39 is 7.27 Å². The molecule has 0 spiro atoms. The Labute approximate surface area is 156 Å². The molecule has 130 valence electrons. The van der Waals surface area contributed by atoms with Gasteiger partial charge in [-0.05, 0) is 28.8 Å². The van der Waals surface area contributed by atoms with Crippen molar-refractivity contribution in [3.05, 3.63) is 91.3 Å². The summed E-state index contributed by atoms with van der Waals surface area (Å²) in [5.74, 6) is 0. The van der Waals surface area contributed by atoms with Crippen molar-refractivity contribution in [3.63, 3.8) is 0 Å². The van der Waals surface area contributed by atoms with E-state index in [0.29, 0.717) is 16.8 Å². The Bertz CT molecular complexity index is 1040. The van der Waals surface area contributed by atoms with Crippen LogP contribution in [0.3, 0.4) is 0 Å². The van der Waals surface area contributed by atoms with Gasteiger partial charge in [-0.1, -0.05) is 66.7 Å². The maximum atomic E-state index is 14.3. The zero-order chi connectivity index (χ0) is 18.6. The van der Waals surface area contributed by atoms with Crippen LogP contribution in [0.25, 0.3) is 33.6 Å². The second-order valence-corrected chi connectivity index (χ2v) is 6.06. The predicted octanol–water partition coefficient (Wildman–Crippen LogP) is 5.11. The molecular formula is C22H15BF2N2. The first-order valence-corrected chi connectivity index (χ1v) is 8.59. The lowest BCUT2D eigenvalue weighted by atomic mass is 9.75. The largest absolute Gasteiger partial charge is 0.574 e. The third kappa shape index (κ3) is 3.36. The smallest absolute Gasteiger partial charge is 0.281 e. The van der Waals surface area contributed by atoms with Gasteiger partial charge in [-0.2, -0.15) is 0 Å². The Morgan fingerprint density at radius 1 is 0.667 bits per heavy atom. The maximum Gasteiger partial charge on any atom is 0.574 e. The lowest BCUT2D eigenvalue weighted by Crippen LogP contribution is -2.27. The molecule has 0 N–H and O–H groups in total. The summed E-state index contributed by atoms with van der Waals surface area (Å²) in [4.78, 5) is 8.62. The first-order valence-electron chi connectivity index (χ1n) is 8.59. The lowest BCUT2D eigenvalue weighted by molar-refractivity contribution is 0.685. The van der Waals surface area contributed by atoms with E-state index >= 15 is 0 Å². The molecule has 0 bridgehead atoms. The summed E-state index contributed by atoms with van der Waals surface area (Å²) in [5.41, 5.74) is 3.30. The van der Waals surface area contributed by atoms with Crippen LogP contribution in [-0.2, 0) is 0 Å². The number of halogens is 2. The van der Waals surface area contributed by atoms with Crippen LogP contribution in [0, 0.1) is 0 Å². The van der Waals surface area contributed by atoms with E-state index in [1.807, 2.05) is 60.7 Å². The van der Waals surface area contributed by atoms with E-state index in [2.05, 4.69) is 9.97 Å². The molecule has 0 aliphatic heterocycles. The van der Waals surface area contributed by atoms with Crippen LogP contribution in [0.5, 0.6) is 0 Å². The van der Waals surface area contributed by atoms with Crippen LogP contribution in [0.1, 0.15) is 0 Å². The van der Waals surface area contributed by atoms with Crippen molar-refractivity contribution in [2.45, 2.75) is 0 Å². The molecule has 0 radical (unpaired) electrons. The highest BCUT2D eigenvalue weighted by Crippen LogP contribution is 2.33. The summed E-state index contributed by atoms with van der Waals surface area (Å²) in [6.07, 6.45) is 3.24. The van der Waals surface area contributed by atoms with Gasteiger partial charge in [-0.3, -0.25) is 18.6 Å². The zero-order valence-electron chi connectivity index (χ0n) is 14.4. The highest BCUT2D eigenvalue weighted by molar-refractivity contribution is 6.64. The third-order valence-electron chi connectivity index (χ3n) is 4.39. The van der Waals surface area contributed by atoms with Gasteiger partial charge in [0.1, 0.15) is 0 Å². The van der Waals surface area contributed by atoms with Gasteiger partial charge in [0.25, 0.3) is 0 Å². The first-order chi connectivity index (χ1) is 13.3. The molecule has 0 amide bonds. The summed E-state index contributed by atoms with van der Waals surface area (Å²) in [6, 6.07) is 24.0. The molecule has 0 unspecified atom stereocenters. The molecule has 5 heteroatoms. The van der Waals surface area contributed by atoms with Crippen LogP contribution in [-0.4, -0.2) is 17.2 Å². The number of aromatic nitrogens is 2. The molecule has 0 atom stereocenters. The van der Waals surface area contributed by atoms with Gasteiger partial charge in [-0.25, -0.2) is 0 Å². The van der Waals surface area contributed by atoms with Crippen molar-refractivity contribution in [2.75, 3.05) is 0 Å². The first kappa shape index (κ1) is 17.1. The molecule has 0 aliphatic rings. The third-order valence-corrected chi connectivity index (χ3v) is 4.39. The van der Waals surface area contributed by atoms with E-state index in [9.17, 15) is 8.63 Å². The predicted molar refractivity (Wildman–Crippen MR) is 106 cm³/mol. The summed E-state index contributed by atoms with van der Waals surface area (Å²) >= 11 is 0. The topological polar surface area (TPSA) is 25.8 Å². The van der Waals surface area contributed by atoms with Crippen molar-refractivity contribution >= 4 is 12.7 Å². The number of pyridine rings is 2. The Morgan fingerprint density at radius 3 is 1.89 bits per heavy atom. The van der Waals surface area contributed by atoms with Gasteiger partial charge >= 0.3 is 7.27 Å². The summed E-state index contributed by atoms with van der Waals surface area (Å²) < 4.78 is 28.6. The highest BCUT2D eigenvalue weighted by atomic mass is 19.2. The SMILES string of the molecule is FB(F)c1c(-c2ccccn2)ncc(-c2ccccc2)c1-c1ccccc1. The molecule has 4 rings (SSSR count). The molecule has 0 aliphatic carbocycles. The average Bonchev–Trinajstić information content (AvgIpc) is 2.74. The van der Waals surface area contributed by atoms with Crippen molar-refractivity contribution in [1.29, 1.82) is 0 Å². The Balaban J connectivity index is 2.07. The normalized spacial score (nSPS) is 10.6. The van der Waals surface area contributed by atoms with Crippen molar-refractivity contribution in [2.24, 2.45) is 0 Å². The van der Waals surface area contributed by atoms with Crippen LogP contribution >= 0.6 is 0 Å². The van der Waals surface area contributed by atoms with Gasteiger partial charge in [0.15, 0.2) is 0 Å². The number of rotatable bonds is 4. The fourth-order valence-electron chi connectivity index (χ4n) is 3.20. The van der Waals surface area contributed by atoms with E-state index in [1.54, 1.807) is 30.6 Å². The molecule has 0 saturated heterocycles. The van der Waals surface area contributed by atoms with Crippen molar-refractivity contribution < 1.29 is 8.63 Å². The molecule has 2 aromatic carbocycles. The lowest BCUT2D eigenvalue weighted by Gasteiger charge is -2.17. The van der Waals surface area contributed by atoms with Gasteiger partial charge in [0, 0.05) is 23.4 Å². The quantitative estimate of drug-likeness (QED) is 0.475. The van der Waals surface area contributed by atoms with Gasteiger partial charge in [0.05, 0.1) is 11.4 Å². The van der Waals surface area contributed by atoms with Crippen molar-refractivity contribution in [3.8, 4) is 33.6 Å². The molecule has 2 nitrogen and oxygen atoms in total. The molecule has 0 saturated carbocycles. The monoisotopic (exact) mass is 356 g/mol. The van der Waals surface area contributed by atoms with E-state index in [1.165, 1.54) is 0 Å². The van der Waals surface area contributed by atoms with Crippen LogP contribution < -0.4 is 5.46 Å². The molecule has 2 aromatic heterocycles. The molecule has 4 aromatic rings. The second-order valence-electron chi connectivity index (χ2n) is 6.06. The second kappa shape index (κ2) is 7.50. The van der Waals surface area contributed by atoms with Gasteiger partial charge in [-0.15, -0.1) is 0 Å². The number of nitrogens with zero attached hydrogens (tertiary/aromatic N) is 2. The number of hydrogen-bond acceptors (Lipinski definition) is 2. The summed E-state index contributed by atoms with van der Waals surface area (Å²) in [7, 11) is -2.69. The van der Waals surface area contributed by atoms with Crippen LogP contribution in [0.2, 0.25) is 0 Å². The zero-order valence-corrected chi connectivity index (χ0v) is 14.4. The number of benzene rings is 2. The van der Waals surface area contributed by atoms with E-state index in [4.69, 9.17) is 0 Å². The molecule has 0 fully saturated rings.